The minimum absolute atomic E-state index is 0.0258. The van der Waals surface area contributed by atoms with Gasteiger partial charge in [-0.3, -0.25) is 4.68 Å². The van der Waals surface area contributed by atoms with Gasteiger partial charge in [0.15, 0.2) is 0 Å². The second-order valence-electron chi connectivity index (χ2n) is 6.27. The van der Waals surface area contributed by atoms with Gasteiger partial charge in [-0.05, 0) is 30.1 Å². The third kappa shape index (κ3) is 4.28. The van der Waals surface area contributed by atoms with Gasteiger partial charge in [0.05, 0.1) is 5.69 Å². The van der Waals surface area contributed by atoms with Crippen LogP contribution in [0.3, 0.4) is 0 Å². The molecule has 0 fully saturated rings. The smallest absolute Gasteiger partial charge is 0.0962 e. The summed E-state index contributed by atoms with van der Waals surface area (Å²) in [6.45, 7) is 10.2. The van der Waals surface area contributed by atoms with E-state index in [1.54, 1.807) is 0 Å². The van der Waals surface area contributed by atoms with Gasteiger partial charge in [-0.15, -0.1) is 5.10 Å². The first-order chi connectivity index (χ1) is 8.90. The number of aromatic nitrogens is 3. The van der Waals surface area contributed by atoms with Crippen LogP contribution >= 0.6 is 0 Å². The summed E-state index contributed by atoms with van der Waals surface area (Å²) in [7, 11) is 0. The Labute approximate surface area is 116 Å². The summed E-state index contributed by atoms with van der Waals surface area (Å²) in [5.74, 6) is 0. The molecule has 1 heterocycles. The average molecular weight is 268 g/mol. The monoisotopic (exact) mass is 268 g/mol. The second-order valence-corrected chi connectivity index (χ2v) is 6.27. The summed E-state index contributed by atoms with van der Waals surface area (Å²) < 4.78 is 1.87. The molecule has 0 aliphatic heterocycles. The Morgan fingerprint density at radius 3 is 2.32 bits per heavy atom. The molecule has 2 atom stereocenters. The molecule has 2 unspecified atom stereocenters. The fourth-order valence-corrected chi connectivity index (χ4v) is 2.52. The van der Waals surface area contributed by atoms with Crippen molar-refractivity contribution in [3.8, 4) is 0 Å². The SMILES string of the molecule is CCC(C)(CO)CC(C)(CC)Cn1cc(CN)nn1. The summed E-state index contributed by atoms with van der Waals surface area (Å²) in [6, 6.07) is 0. The molecule has 0 aromatic carbocycles. The lowest BCUT2D eigenvalue weighted by Gasteiger charge is -2.37. The van der Waals surface area contributed by atoms with Crippen molar-refractivity contribution in [2.75, 3.05) is 6.61 Å². The van der Waals surface area contributed by atoms with Crippen LogP contribution in [0.25, 0.3) is 0 Å². The van der Waals surface area contributed by atoms with Crippen molar-refractivity contribution in [3.63, 3.8) is 0 Å². The van der Waals surface area contributed by atoms with Gasteiger partial charge in [-0.2, -0.15) is 0 Å². The first-order valence-corrected chi connectivity index (χ1v) is 7.10. The zero-order valence-electron chi connectivity index (χ0n) is 12.7. The number of aliphatic hydroxyl groups is 1. The zero-order valence-corrected chi connectivity index (χ0v) is 12.7. The molecule has 110 valence electrons. The average Bonchev–Trinajstić information content (AvgIpc) is 2.85. The molecule has 0 spiro atoms. The van der Waals surface area contributed by atoms with E-state index in [0.29, 0.717) is 6.54 Å². The Morgan fingerprint density at radius 2 is 1.89 bits per heavy atom. The van der Waals surface area contributed by atoms with Gasteiger partial charge < -0.3 is 10.8 Å². The standard InChI is InChI=1S/C14H28N4O/c1-5-13(3,9-14(4,6-2)11-19)10-18-8-12(7-15)16-17-18/h8,19H,5-7,9-11,15H2,1-4H3. The van der Waals surface area contributed by atoms with Crippen LogP contribution in [-0.2, 0) is 13.1 Å². The van der Waals surface area contributed by atoms with Crippen molar-refractivity contribution in [1.29, 1.82) is 0 Å². The van der Waals surface area contributed by atoms with E-state index in [1.807, 2.05) is 10.9 Å². The summed E-state index contributed by atoms with van der Waals surface area (Å²) >= 11 is 0. The molecule has 0 radical (unpaired) electrons. The van der Waals surface area contributed by atoms with E-state index in [4.69, 9.17) is 5.73 Å². The maximum atomic E-state index is 9.60. The third-order valence-electron chi connectivity index (χ3n) is 4.28. The maximum Gasteiger partial charge on any atom is 0.0962 e. The molecular formula is C14H28N4O. The highest BCUT2D eigenvalue weighted by atomic mass is 16.3. The highest BCUT2D eigenvalue weighted by Crippen LogP contribution is 2.39. The normalized spacial score (nSPS) is 18.0. The maximum absolute atomic E-state index is 9.60. The van der Waals surface area contributed by atoms with Gasteiger partial charge in [-0.25, -0.2) is 0 Å². The third-order valence-corrected chi connectivity index (χ3v) is 4.28. The summed E-state index contributed by atoms with van der Waals surface area (Å²) in [5, 5.41) is 17.8. The van der Waals surface area contributed by atoms with Gasteiger partial charge in [0.25, 0.3) is 0 Å². The van der Waals surface area contributed by atoms with E-state index < -0.39 is 0 Å². The predicted molar refractivity (Wildman–Crippen MR) is 76.4 cm³/mol. The fourth-order valence-electron chi connectivity index (χ4n) is 2.52. The number of rotatable bonds is 8. The molecule has 0 bridgehead atoms. The van der Waals surface area contributed by atoms with Crippen molar-refractivity contribution in [3.05, 3.63) is 11.9 Å². The van der Waals surface area contributed by atoms with Crippen molar-refractivity contribution < 1.29 is 5.11 Å². The highest BCUT2D eigenvalue weighted by Gasteiger charge is 2.33. The molecule has 5 heteroatoms. The van der Waals surface area contributed by atoms with Crippen molar-refractivity contribution >= 4 is 0 Å². The lowest BCUT2D eigenvalue weighted by molar-refractivity contribution is 0.0628. The Kier molecular flexibility index (Phi) is 5.50. The largest absolute Gasteiger partial charge is 0.396 e. The molecule has 0 aliphatic rings. The van der Waals surface area contributed by atoms with Gasteiger partial charge in [-0.1, -0.05) is 32.9 Å². The van der Waals surface area contributed by atoms with Crippen LogP contribution in [0.1, 0.15) is 52.7 Å². The summed E-state index contributed by atoms with van der Waals surface area (Å²) in [4.78, 5) is 0. The first-order valence-electron chi connectivity index (χ1n) is 7.10. The van der Waals surface area contributed by atoms with E-state index in [1.165, 1.54) is 0 Å². The minimum atomic E-state index is -0.0258. The minimum Gasteiger partial charge on any atom is -0.396 e. The molecule has 0 aliphatic carbocycles. The number of hydrogen-bond donors (Lipinski definition) is 2. The number of nitrogens with zero attached hydrogens (tertiary/aromatic N) is 3. The molecule has 0 amide bonds. The topological polar surface area (TPSA) is 77.0 Å². The van der Waals surface area contributed by atoms with Gasteiger partial charge in [0.2, 0.25) is 0 Å². The van der Waals surface area contributed by atoms with Crippen LogP contribution < -0.4 is 5.73 Å². The number of hydrogen-bond acceptors (Lipinski definition) is 4. The molecule has 0 saturated carbocycles. The molecule has 3 N–H and O–H groups in total. The molecule has 19 heavy (non-hydrogen) atoms. The second kappa shape index (κ2) is 6.48. The van der Waals surface area contributed by atoms with Crippen LogP contribution in [0.5, 0.6) is 0 Å². The van der Waals surface area contributed by atoms with Crippen LogP contribution in [0.15, 0.2) is 6.20 Å². The molecule has 5 nitrogen and oxygen atoms in total. The van der Waals surface area contributed by atoms with E-state index in [9.17, 15) is 5.11 Å². The lowest BCUT2D eigenvalue weighted by atomic mass is 9.70. The van der Waals surface area contributed by atoms with Crippen LogP contribution in [0.2, 0.25) is 0 Å². The summed E-state index contributed by atoms with van der Waals surface area (Å²) in [6.07, 6.45) is 4.91. The Balaban J connectivity index is 2.79. The van der Waals surface area contributed by atoms with Crippen molar-refractivity contribution in [2.24, 2.45) is 16.6 Å². The Hall–Kier alpha value is -0.940. The predicted octanol–water partition coefficient (Wildman–Crippen LogP) is 1.95. The fraction of sp³-hybridized carbons (Fsp3) is 0.857. The van der Waals surface area contributed by atoms with Crippen LogP contribution in [0, 0.1) is 10.8 Å². The van der Waals surface area contributed by atoms with Gasteiger partial charge in [0, 0.05) is 25.9 Å². The molecule has 1 aromatic heterocycles. The van der Waals surface area contributed by atoms with E-state index in [0.717, 1.165) is 31.5 Å². The quantitative estimate of drug-likeness (QED) is 0.755. The summed E-state index contributed by atoms with van der Waals surface area (Å²) in [5.41, 5.74) is 6.45. The molecular weight excluding hydrogens is 240 g/mol. The highest BCUT2D eigenvalue weighted by molar-refractivity contribution is 4.92. The Morgan fingerprint density at radius 1 is 1.26 bits per heavy atom. The number of nitrogens with two attached hydrogens (primary N) is 1. The van der Waals surface area contributed by atoms with Gasteiger partial charge in [0.1, 0.15) is 0 Å². The first kappa shape index (κ1) is 16.1. The molecule has 1 aromatic rings. The Bertz CT molecular complexity index is 387. The van der Waals surface area contributed by atoms with E-state index in [2.05, 4.69) is 38.0 Å². The number of aliphatic hydroxyl groups excluding tert-OH is 1. The van der Waals surface area contributed by atoms with Crippen LogP contribution in [-0.4, -0.2) is 26.7 Å². The lowest BCUT2D eigenvalue weighted by Crippen LogP contribution is -2.33. The van der Waals surface area contributed by atoms with E-state index in [-0.39, 0.29) is 17.4 Å². The molecule has 1 rings (SSSR count). The van der Waals surface area contributed by atoms with Gasteiger partial charge >= 0.3 is 0 Å². The van der Waals surface area contributed by atoms with Crippen molar-refractivity contribution in [2.45, 2.75) is 60.0 Å². The van der Waals surface area contributed by atoms with Crippen LogP contribution in [0.4, 0.5) is 0 Å². The van der Waals surface area contributed by atoms with E-state index >= 15 is 0 Å². The van der Waals surface area contributed by atoms with Crippen molar-refractivity contribution in [1.82, 2.24) is 15.0 Å². The zero-order chi connectivity index (χ0) is 14.5. The molecule has 0 saturated heterocycles.